The van der Waals surface area contributed by atoms with Gasteiger partial charge in [-0.1, -0.05) is 60.5 Å². The molecule has 2 atom stereocenters. The molecule has 1 rings (SSSR count). The van der Waals surface area contributed by atoms with Crippen LogP contribution in [0.1, 0.15) is 50.7 Å². The van der Waals surface area contributed by atoms with Gasteiger partial charge >= 0.3 is 0 Å². The maximum Gasteiger partial charge on any atom is 0.144 e. The number of Topliss-reactive ketones (excluding diaryl/α,β-unsaturated/α-hetero) is 1. The SMILES string of the molecule is CCCCc1ccc(C(C)C(Br)C(C)=O)cc1. The van der Waals surface area contributed by atoms with Crippen LogP contribution in [0.15, 0.2) is 24.3 Å². The Morgan fingerprint density at radius 2 is 1.88 bits per heavy atom. The Hall–Kier alpha value is -0.630. The molecule has 1 nitrogen and oxygen atoms in total. The number of hydrogen-bond acceptors (Lipinski definition) is 1. The number of carbonyl (C=O) groups excluding carboxylic acids is 1. The molecule has 1 aromatic rings. The summed E-state index contributed by atoms with van der Waals surface area (Å²) in [6, 6.07) is 8.66. The average Bonchev–Trinajstić information content (AvgIpc) is 2.35. The first-order valence-corrected chi connectivity index (χ1v) is 7.21. The number of carbonyl (C=O) groups is 1. The van der Waals surface area contributed by atoms with Crippen molar-refractivity contribution in [1.82, 2.24) is 0 Å². The molecule has 0 amide bonds. The first kappa shape index (κ1) is 14.4. The third-order valence-corrected chi connectivity index (χ3v) is 4.59. The third kappa shape index (κ3) is 4.27. The van der Waals surface area contributed by atoms with Crippen LogP contribution in [0.5, 0.6) is 0 Å². The van der Waals surface area contributed by atoms with Crippen molar-refractivity contribution in [2.45, 2.75) is 50.8 Å². The van der Waals surface area contributed by atoms with Gasteiger partial charge in [0.2, 0.25) is 0 Å². The molecule has 94 valence electrons. The van der Waals surface area contributed by atoms with Gasteiger partial charge in [-0.05, 0) is 30.9 Å². The summed E-state index contributed by atoms with van der Waals surface area (Å²) in [7, 11) is 0. The summed E-state index contributed by atoms with van der Waals surface area (Å²) in [6.07, 6.45) is 3.62. The van der Waals surface area contributed by atoms with Crippen LogP contribution in [0.25, 0.3) is 0 Å². The van der Waals surface area contributed by atoms with E-state index in [-0.39, 0.29) is 16.5 Å². The fourth-order valence-corrected chi connectivity index (χ4v) is 2.20. The quantitative estimate of drug-likeness (QED) is 0.707. The number of halogens is 1. The lowest BCUT2D eigenvalue weighted by atomic mass is 9.94. The van der Waals surface area contributed by atoms with Crippen molar-refractivity contribution in [3.8, 4) is 0 Å². The van der Waals surface area contributed by atoms with Crippen LogP contribution in [0.2, 0.25) is 0 Å². The van der Waals surface area contributed by atoms with Gasteiger partial charge in [0.25, 0.3) is 0 Å². The molecule has 0 aliphatic carbocycles. The number of ketones is 1. The average molecular weight is 297 g/mol. The van der Waals surface area contributed by atoms with Crippen molar-refractivity contribution >= 4 is 21.7 Å². The van der Waals surface area contributed by atoms with Crippen LogP contribution in [-0.4, -0.2) is 10.6 Å². The van der Waals surface area contributed by atoms with E-state index in [0.29, 0.717) is 0 Å². The van der Waals surface area contributed by atoms with Crippen molar-refractivity contribution in [3.05, 3.63) is 35.4 Å². The van der Waals surface area contributed by atoms with Crippen LogP contribution in [0.4, 0.5) is 0 Å². The summed E-state index contributed by atoms with van der Waals surface area (Å²) >= 11 is 3.46. The Morgan fingerprint density at radius 3 is 2.35 bits per heavy atom. The minimum absolute atomic E-state index is 0.0796. The first-order valence-electron chi connectivity index (χ1n) is 6.29. The van der Waals surface area contributed by atoms with Gasteiger partial charge in [0.05, 0.1) is 4.83 Å². The van der Waals surface area contributed by atoms with E-state index < -0.39 is 0 Å². The predicted octanol–water partition coefficient (Wildman–Crippen LogP) is 4.49. The van der Waals surface area contributed by atoms with Crippen LogP contribution in [0.3, 0.4) is 0 Å². The maximum absolute atomic E-state index is 11.3. The Bertz CT molecular complexity index is 356. The molecule has 0 aliphatic rings. The molecule has 2 unspecified atom stereocenters. The van der Waals surface area contributed by atoms with Gasteiger partial charge in [0, 0.05) is 5.92 Å². The Labute approximate surface area is 113 Å². The second-order valence-electron chi connectivity index (χ2n) is 4.65. The van der Waals surface area contributed by atoms with Crippen LogP contribution in [0, 0.1) is 0 Å². The van der Waals surface area contributed by atoms with Crippen molar-refractivity contribution in [2.24, 2.45) is 0 Å². The van der Waals surface area contributed by atoms with Crippen LogP contribution in [-0.2, 0) is 11.2 Å². The maximum atomic E-state index is 11.3. The van der Waals surface area contributed by atoms with Gasteiger partial charge < -0.3 is 0 Å². The largest absolute Gasteiger partial charge is 0.299 e. The van der Waals surface area contributed by atoms with E-state index in [4.69, 9.17) is 0 Å². The molecular weight excluding hydrogens is 276 g/mol. The molecule has 0 saturated heterocycles. The summed E-state index contributed by atoms with van der Waals surface area (Å²) in [5.74, 6) is 0.417. The zero-order valence-electron chi connectivity index (χ0n) is 10.9. The molecule has 0 fully saturated rings. The van der Waals surface area contributed by atoms with E-state index in [1.807, 2.05) is 0 Å². The highest BCUT2D eigenvalue weighted by Crippen LogP contribution is 2.25. The van der Waals surface area contributed by atoms with E-state index >= 15 is 0 Å². The van der Waals surface area contributed by atoms with Gasteiger partial charge in [-0.15, -0.1) is 0 Å². The van der Waals surface area contributed by atoms with Gasteiger partial charge in [0.15, 0.2) is 0 Å². The van der Waals surface area contributed by atoms with E-state index in [1.165, 1.54) is 24.0 Å². The fraction of sp³-hybridized carbons (Fsp3) is 0.533. The third-order valence-electron chi connectivity index (χ3n) is 3.15. The minimum atomic E-state index is -0.0796. The lowest BCUT2D eigenvalue weighted by Crippen LogP contribution is -2.17. The first-order chi connectivity index (χ1) is 8.06. The number of hydrogen-bond donors (Lipinski definition) is 0. The molecule has 0 saturated carbocycles. The predicted molar refractivity (Wildman–Crippen MR) is 76.9 cm³/mol. The molecule has 0 bridgehead atoms. The molecule has 0 aromatic heterocycles. The van der Waals surface area contributed by atoms with Gasteiger partial charge in [-0.2, -0.15) is 0 Å². The highest BCUT2D eigenvalue weighted by Gasteiger charge is 2.19. The number of rotatable bonds is 6. The van der Waals surface area contributed by atoms with E-state index in [1.54, 1.807) is 6.92 Å². The number of unbranched alkanes of at least 4 members (excludes halogenated alkanes) is 1. The van der Waals surface area contributed by atoms with Crippen LogP contribution >= 0.6 is 15.9 Å². The summed E-state index contributed by atoms with van der Waals surface area (Å²) in [5.41, 5.74) is 2.61. The highest BCUT2D eigenvalue weighted by atomic mass is 79.9. The zero-order valence-corrected chi connectivity index (χ0v) is 12.5. The second-order valence-corrected chi connectivity index (χ2v) is 5.63. The van der Waals surface area contributed by atoms with Crippen molar-refractivity contribution in [2.75, 3.05) is 0 Å². The smallest absolute Gasteiger partial charge is 0.144 e. The molecule has 17 heavy (non-hydrogen) atoms. The topological polar surface area (TPSA) is 17.1 Å². The van der Waals surface area contributed by atoms with Crippen molar-refractivity contribution in [3.63, 3.8) is 0 Å². The number of benzene rings is 1. The molecule has 0 N–H and O–H groups in total. The molecule has 2 heteroatoms. The normalized spacial score (nSPS) is 14.4. The molecule has 0 heterocycles. The van der Waals surface area contributed by atoms with Gasteiger partial charge in [0.1, 0.15) is 5.78 Å². The number of aryl methyl sites for hydroxylation is 1. The summed E-state index contributed by atoms with van der Waals surface area (Å²) < 4.78 is 0. The lowest BCUT2D eigenvalue weighted by molar-refractivity contribution is -0.116. The molecule has 0 spiro atoms. The molecule has 0 radical (unpaired) electrons. The Balaban J connectivity index is 2.69. The Kier molecular flexibility index (Phi) is 5.90. The molecule has 1 aromatic carbocycles. The van der Waals surface area contributed by atoms with Crippen LogP contribution < -0.4 is 0 Å². The second kappa shape index (κ2) is 6.95. The molecule has 0 aliphatic heterocycles. The van der Waals surface area contributed by atoms with E-state index in [0.717, 1.165) is 6.42 Å². The van der Waals surface area contributed by atoms with E-state index in [9.17, 15) is 4.79 Å². The standard InChI is InChI=1S/C15H21BrO/c1-4-5-6-13-7-9-14(10-8-13)11(2)15(16)12(3)17/h7-11,15H,4-6H2,1-3H3. The lowest BCUT2D eigenvalue weighted by Gasteiger charge is -2.16. The summed E-state index contributed by atoms with van der Waals surface area (Å²) in [4.78, 5) is 11.2. The minimum Gasteiger partial charge on any atom is -0.299 e. The monoisotopic (exact) mass is 296 g/mol. The van der Waals surface area contributed by atoms with Gasteiger partial charge in [-0.25, -0.2) is 0 Å². The zero-order chi connectivity index (χ0) is 12.8. The summed E-state index contributed by atoms with van der Waals surface area (Å²) in [6.45, 7) is 5.92. The van der Waals surface area contributed by atoms with Crippen molar-refractivity contribution in [1.29, 1.82) is 0 Å². The van der Waals surface area contributed by atoms with Crippen molar-refractivity contribution < 1.29 is 4.79 Å². The molecular formula is C15H21BrO. The van der Waals surface area contributed by atoms with Gasteiger partial charge in [-0.3, -0.25) is 4.79 Å². The highest BCUT2D eigenvalue weighted by molar-refractivity contribution is 9.10. The number of alkyl halides is 1. The fourth-order valence-electron chi connectivity index (χ4n) is 1.89. The summed E-state index contributed by atoms with van der Waals surface area (Å²) in [5, 5.41) is 0. The van der Waals surface area contributed by atoms with E-state index in [2.05, 4.69) is 54.0 Å². The Morgan fingerprint density at radius 1 is 1.29 bits per heavy atom.